The van der Waals surface area contributed by atoms with Crippen LogP contribution in [0.1, 0.15) is 30.1 Å². The first-order chi connectivity index (χ1) is 9.77. The molecule has 1 aliphatic rings. The molecule has 2 atom stereocenters. The lowest BCUT2D eigenvalue weighted by molar-refractivity contribution is -0.111. The number of hydrogen-bond acceptors (Lipinski definition) is 3. The van der Waals surface area contributed by atoms with Crippen LogP contribution in [-0.4, -0.2) is 11.5 Å². The van der Waals surface area contributed by atoms with Gasteiger partial charge in [0.1, 0.15) is 5.71 Å². The van der Waals surface area contributed by atoms with E-state index in [2.05, 4.69) is 5.16 Å². The predicted octanol–water partition coefficient (Wildman–Crippen LogP) is 3.49. The molecule has 0 saturated carbocycles. The summed E-state index contributed by atoms with van der Waals surface area (Å²) in [6, 6.07) is 19.8. The summed E-state index contributed by atoms with van der Waals surface area (Å²) in [5, 5.41) is 4.02. The number of nitrogens with zero attached hydrogens (tertiary/aromatic N) is 1. The van der Waals surface area contributed by atoms with Crippen molar-refractivity contribution in [3.8, 4) is 0 Å². The van der Waals surface area contributed by atoms with Crippen LogP contribution < -0.4 is 0 Å². The first-order valence-electron chi connectivity index (χ1n) is 6.62. The maximum atomic E-state index is 11.8. The Balaban J connectivity index is 2.03. The lowest BCUT2D eigenvalue weighted by Gasteiger charge is -2.18. The van der Waals surface area contributed by atoms with Gasteiger partial charge in [-0.3, -0.25) is 4.79 Å². The third-order valence-electron chi connectivity index (χ3n) is 3.51. The van der Waals surface area contributed by atoms with E-state index in [0.717, 1.165) is 11.1 Å². The van der Waals surface area contributed by atoms with Gasteiger partial charge in [-0.15, -0.1) is 0 Å². The summed E-state index contributed by atoms with van der Waals surface area (Å²) in [5.74, 6) is -0.187. The SMILES string of the molecule is CC(=O)C1=NOC(c2ccccc2)C1c1ccccc1. The van der Waals surface area contributed by atoms with Gasteiger partial charge in [-0.2, -0.15) is 0 Å². The summed E-state index contributed by atoms with van der Waals surface area (Å²) >= 11 is 0. The Morgan fingerprint density at radius 3 is 2.05 bits per heavy atom. The summed E-state index contributed by atoms with van der Waals surface area (Å²) in [7, 11) is 0. The normalized spacial score (nSPS) is 21.1. The Bertz CT molecular complexity index is 635. The van der Waals surface area contributed by atoms with Crippen LogP contribution in [0.2, 0.25) is 0 Å². The van der Waals surface area contributed by atoms with Crippen LogP contribution in [0.15, 0.2) is 65.8 Å². The Morgan fingerprint density at radius 1 is 0.950 bits per heavy atom. The highest BCUT2D eigenvalue weighted by Crippen LogP contribution is 2.39. The van der Waals surface area contributed by atoms with Crippen molar-refractivity contribution >= 4 is 11.5 Å². The van der Waals surface area contributed by atoms with E-state index in [9.17, 15) is 4.79 Å². The Kier molecular flexibility index (Phi) is 3.33. The lowest BCUT2D eigenvalue weighted by atomic mass is 9.85. The average Bonchev–Trinajstić information content (AvgIpc) is 2.94. The zero-order valence-corrected chi connectivity index (χ0v) is 11.2. The summed E-state index contributed by atoms with van der Waals surface area (Å²) in [6.07, 6.45) is -0.238. The van der Waals surface area contributed by atoms with Gasteiger partial charge in [-0.1, -0.05) is 65.8 Å². The van der Waals surface area contributed by atoms with Gasteiger partial charge in [-0.25, -0.2) is 0 Å². The van der Waals surface area contributed by atoms with Gasteiger partial charge in [0.05, 0.1) is 5.92 Å². The number of hydrogen-bond donors (Lipinski definition) is 0. The molecule has 0 aromatic heterocycles. The Labute approximate surface area is 117 Å². The zero-order valence-electron chi connectivity index (χ0n) is 11.2. The first kappa shape index (κ1) is 12.6. The number of benzene rings is 2. The molecule has 0 radical (unpaired) electrons. The molecule has 100 valence electrons. The molecule has 0 fully saturated rings. The van der Waals surface area contributed by atoms with Gasteiger partial charge in [0.15, 0.2) is 11.9 Å². The van der Waals surface area contributed by atoms with Gasteiger partial charge in [-0.05, 0) is 11.1 Å². The fourth-order valence-corrected chi connectivity index (χ4v) is 2.55. The molecule has 1 heterocycles. The molecule has 2 aromatic carbocycles. The molecule has 2 unspecified atom stereocenters. The van der Waals surface area contributed by atoms with Crippen molar-refractivity contribution in [2.75, 3.05) is 0 Å². The van der Waals surface area contributed by atoms with Crippen molar-refractivity contribution in [1.29, 1.82) is 0 Å². The number of carbonyl (C=O) groups excluding carboxylic acids is 1. The van der Waals surface area contributed by atoms with Gasteiger partial charge in [0, 0.05) is 6.92 Å². The van der Waals surface area contributed by atoms with E-state index in [4.69, 9.17) is 4.84 Å². The number of oxime groups is 1. The van der Waals surface area contributed by atoms with E-state index in [1.54, 1.807) is 0 Å². The number of rotatable bonds is 3. The van der Waals surface area contributed by atoms with Gasteiger partial charge in [0.25, 0.3) is 0 Å². The second kappa shape index (κ2) is 5.29. The minimum Gasteiger partial charge on any atom is -0.386 e. The molecule has 0 bridgehead atoms. The molecule has 2 aromatic rings. The molecule has 0 amide bonds. The number of Topliss-reactive ketones (excluding diaryl/α,β-unsaturated/α-hetero) is 1. The molecule has 1 aliphatic heterocycles. The van der Waals surface area contributed by atoms with Crippen molar-refractivity contribution in [2.45, 2.75) is 18.9 Å². The van der Waals surface area contributed by atoms with Gasteiger partial charge in [0.2, 0.25) is 0 Å². The van der Waals surface area contributed by atoms with Crippen LogP contribution in [-0.2, 0) is 9.63 Å². The molecular weight excluding hydrogens is 250 g/mol. The molecular formula is C17H15NO2. The standard InChI is InChI=1S/C17H15NO2/c1-12(19)16-15(13-8-4-2-5-9-13)17(20-18-16)14-10-6-3-7-11-14/h2-11,15,17H,1H3. The summed E-state index contributed by atoms with van der Waals surface area (Å²) in [4.78, 5) is 17.3. The molecule has 0 aliphatic carbocycles. The largest absolute Gasteiger partial charge is 0.386 e. The van der Waals surface area contributed by atoms with E-state index < -0.39 is 0 Å². The molecule has 3 heteroatoms. The maximum absolute atomic E-state index is 11.8. The van der Waals surface area contributed by atoms with Crippen molar-refractivity contribution in [1.82, 2.24) is 0 Å². The average molecular weight is 265 g/mol. The molecule has 0 saturated heterocycles. The van der Waals surface area contributed by atoms with E-state index in [-0.39, 0.29) is 17.8 Å². The fraction of sp³-hybridized carbons (Fsp3) is 0.176. The predicted molar refractivity (Wildman–Crippen MR) is 77.6 cm³/mol. The third kappa shape index (κ3) is 2.23. The smallest absolute Gasteiger partial charge is 0.178 e. The third-order valence-corrected chi connectivity index (χ3v) is 3.51. The molecule has 3 nitrogen and oxygen atoms in total. The van der Waals surface area contributed by atoms with Gasteiger partial charge < -0.3 is 4.84 Å². The minimum absolute atomic E-state index is 0.0442. The van der Waals surface area contributed by atoms with Crippen LogP contribution in [0.5, 0.6) is 0 Å². The summed E-state index contributed by atoms with van der Waals surface area (Å²) in [5.41, 5.74) is 2.57. The van der Waals surface area contributed by atoms with E-state index in [0.29, 0.717) is 5.71 Å². The van der Waals surface area contributed by atoms with Crippen LogP contribution in [0.25, 0.3) is 0 Å². The Morgan fingerprint density at radius 2 is 1.50 bits per heavy atom. The zero-order chi connectivity index (χ0) is 13.9. The molecule has 0 spiro atoms. The highest BCUT2D eigenvalue weighted by atomic mass is 16.6. The maximum Gasteiger partial charge on any atom is 0.178 e. The van der Waals surface area contributed by atoms with Crippen LogP contribution >= 0.6 is 0 Å². The van der Waals surface area contributed by atoms with Crippen molar-refractivity contribution in [3.63, 3.8) is 0 Å². The number of ketones is 1. The van der Waals surface area contributed by atoms with E-state index >= 15 is 0 Å². The summed E-state index contributed by atoms with van der Waals surface area (Å²) < 4.78 is 0. The fourth-order valence-electron chi connectivity index (χ4n) is 2.55. The van der Waals surface area contributed by atoms with Crippen molar-refractivity contribution < 1.29 is 9.63 Å². The van der Waals surface area contributed by atoms with Crippen molar-refractivity contribution in [2.24, 2.45) is 5.16 Å². The number of carbonyl (C=O) groups is 1. The van der Waals surface area contributed by atoms with Crippen LogP contribution in [0, 0.1) is 0 Å². The molecule has 0 N–H and O–H groups in total. The van der Waals surface area contributed by atoms with Gasteiger partial charge >= 0.3 is 0 Å². The Hall–Kier alpha value is -2.42. The van der Waals surface area contributed by atoms with Crippen LogP contribution in [0.3, 0.4) is 0 Å². The first-order valence-corrected chi connectivity index (χ1v) is 6.62. The minimum atomic E-state index is -0.238. The lowest BCUT2D eigenvalue weighted by Crippen LogP contribution is -2.20. The second-order valence-electron chi connectivity index (χ2n) is 4.86. The quantitative estimate of drug-likeness (QED) is 0.852. The summed E-state index contributed by atoms with van der Waals surface area (Å²) in [6.45, 7) is 1.53. The topological polar surface area (TPSA) is 38.7 Å². The monoisotopic (exact) mass is 265 g/mol. The second-order valence-corrected chi connectivity index (χ2v) is 4.86. The van der Waals surface area contributed by atoms with E-state index in [1.165, 1.54) is 6.92 Å². The highest BCUT2D eigenvalue weighted by molar-refractivity contribution is 6.41. The van der Waals surface area contributed by atoms with Crippen molar-refractivity contribution in [3.05, 3.63) is 71.8 Å². The molecule has 20 heavy (non-hydrogen) atoms. The molecule has 3 rings (SSSR count). The van der Waals surface area contributed by atoms with E-state index in [1.807, 2.05) is 60.7 Å². The highest BCUT2D eigenvalue weighted by Gasteiger charge is 2.38. The van der Waals surface area contributed by atoms with Crippen LogP contribution in [0.4, 0.5) is 0 Å².